The minimum absolute atomic E-state index is 1.01. The van der Waals surface area contributed by atoms with E-state index in [0.29, 0.717) is 0 Å². The molecule has 9 heavy (non-hydrogen) atoms. The monoisotopic (exact) mass is 126 g/mol. The summed E-state index contributed by atoms with van der Waals surface area (Å²) in [7, 11) is 2.11. The van der Waals surface area contributed by atoms with Crippen molar-refractivity contribution in [2.75, 3.05) is 20.1 Å². The van der Waals surface area contributed by atoms with E-state index in [1.807, 2.05) is 0 Å². The van der Waals surface area contributed by atoms with E-state index in [1.165, 1.54) is 12.3 Å². The molecule has 0 saturated heterocycles. The molecule has 2 nitrogen and oxygen atoms in total. The number of aliphatic imine (C=N–C) groups is 1. The number of nitrogens with zero attached hydrogens (tertiary/aromatic N) is 2. The number of hydrogen-bond acceptors (Lipinski definition) is 2. The van der Waals surface area contributed by atoms with Crippen molar-refractivity contribution < 1.29 is 0 Å². The lowest BCUT2D eigenvalue weighted by Crippen LogP contribution is -2.21. The normalized spacial score (nSPS) is 18.4. The molecule has 0 saturated carbocycles. The van der Waals surface area contributed by atoms with Crippen LogP contribution in [0.4, 0.5) is 0 Å². The van der Waals surface area contributed by atoms with E-state index in [0.717, 1.165) is 19.5 Å². The molecule has 0 aromatic carbocycles. The van der Waals surface area contributed by atoms with Crippen LogP contribution in [0.5, 0.6) is 0 Å². The quantitative estimate of drug-likeness (QED) is 0.541. The zero-order valence-corrected chi connectivity index (χ0v) is 6.22. The Balaban J connectivity index is 2.38. The maximum absolute atomic E-state index is 4.35. The van der Waals surface area contributed by atoms with Gasteiger partial charge in [-0.15, -0.1) is 0 Å². The summed E-state index contributed by atoms with van der Waals surface area (Å²) < 4.78 is 0. The van der Waals surface area contributed by atoms with Gasteiger partial charge in [-0.3, -0.25) is 4.99 Å². The van der Waals surface area contributed by atoms with Gasteiger partial charge >= 0.3 is 0 Å². The summed E-state index contributed by atoms with van der Waals surface area (Å²) in [6.07, 6.45) is 2.36. The fourth-order valence-corrected chi connectivity index (χ4v) is 1.07. The molecule has 0 atom stereocenters. The fraction of sp³-hybridized carbons (Fsp3) is 0.857. The van der Waals surface area contributed by atoms with Crippen LogP contribution in [-0.2, 0) is 0 Å². The molecule has 2 heteroatoms. The smallest absolute Gasteiger partial charge is 0.0987 e. The van der Waals surface area contributed by atoms with Gasteiger partial charge in [0.1, 0.15) is 0 Å². The van der Waals surface area contributed by atoms with Gasteiger partial charge in [-0.2, -0.15) is 0 Å². The Bertz CT molecular complexity index is 118. The summed E-state index contributed by atoms with van der Waals surface area (Å²) in [6, 6.07) is 0. The largest absolute Gasteiger partial charge is 0.362 e. The Morgan fingerprint density at radius 1 is 1.67 bits per heavy atom. The third-order valence-corrected chi connectivity index (χ3v) is 1.64. The van der Waals surface area contributed by atoms with Gasteiger partial charge < -0.3 is 4.90 Å². The highest BCUT2D eigenvalue weighted by Gasteiger charge is 2.09. The Labute approximate surface area is 56.6 Å². The highest BCUT2D eigenvalue weighted by molar-refractivity contribution is 5.83. The van der Waals surface area contributed by atoms with Crippen LogP contribution < -0.4 is 0 Å². The minimum Gasteiger partial charge on any atom is -0.362 e. The number of hydrogen-bond donors (Lipinski definition) is 0. The predicted octanol–water partition coefficient (Wildman–Crippen LogP) is 1.13. The van der Waals surface area contributed by atoms with Gasteiger partial charge in [-0.25, -0.2) is 0 Å². The van der Waals surface area contributed by atoms with Gasteiger partial charge in [-0.05, 0) is 6.42 Å². The van der Waals surface area contributed by atoms with Crippen LogP contribution >= 0.6 is 0 Å². The summed E-state index contributed by atoms with van der Waals surface area (Å²) >= 11 is 0. The van der Waals surface area contributed by atoms with Crippen molar-refractivity contribution in [2.24, 2.45) is 4.99 Å². The minimum atomic E-state index is 1.01. The molecule has 0 fully saturated rings. The van der Waals surface area contributed by atoms with Crippen LogP contribution in [0.1, 0.15) is 19.8 Å². The second kappa shape index (κ2) is 2.85. The van der Waals surface area contributed by atoms with Gasteiger partial charge in [0.25, 0.3) is 0 Å². The topological polar surface area (TPSA) is 15.6 Å². The van der Waals surface area contributed by atoms with E-state index in [1.54, 1.807) is 0 Å². The highest BCUT2D eigenvalue weighted by Crippen LogP contribution is 2.03. The van der Waals surface area contributed by atoms with E-state index < -0.39 is 0 Å². The summed E-state index contributed by atoms with van der Waals surface area (Å²) in [6.45, 7) is 4.32. The molecule has 0 aromatic heterocycles. The average Bonchev–Trinajstić information content (AvgIpc) is 2.18. The Morgan fingerprint density at radius 2 is 2.44 bits per heavy atom. The van der Waals surface area contributed by atoms with Crippen molar-refractivity contribution in [3.63, 3.8) is 0 Å². The van der Waals surface area contributed by atoms with E-state index >= 15 is 0 Å². The summed E-state index contributed by atoms with van der Waals surface area (Å²) in [5.74, 6) is 1.29. The van der Waals surface area contributed by atoms with Crippen molar-refractivity contribution in [3.05, 3.63) is 0 Å². The van der Waals surface area contributed by atoms with Crippen molar-refractivity contribution >= 4 is 5.84 Å². The van der Waals surface area contributed by atoms with Crippen molar-refractivity contribution in [3.8, 4) is 0 Å². The Hall–Kier alpha value is -0.530. The van der Waals surface area contributed by atoms with E-state index in [2.05, 4.69) is 23.9 Å². The molecule has 52 valence electrons. The molecule has 0 aliphatic carbocycles. The van der Waals surface area contributed by atoms with Gasteiger partial charge in [0, 0.05) is 20.0 Å². The molecule has 0 N–H and O–H groups in total. The molecule has 0 radical (unpaired) electrons. The molecular formula is C7H14N2. The molecule has 0 aromatic rings. The molecule has 0 spiro atoms. The zero-order valence-electron chi connectivity index (χ0n) is 6.22. The second-order valence-corrected chi connectivity index (χ2v) is 2.47. The van der Waals surface area contributed by atoms with Gasteiger partial charge in [0.2, 0.25) is 0 Å². The van der Waals surface area contributed by atoms with Crippen LogP contribution in [0.3, 0.4) is 0 Å². The van der Waals surface area contributed by atoms with Gasteiger partial charge in [0.15, 0.2) is 0 Å². The number of rotatable bonds is 2. The standard InChI is InChI=1S/C7H14N2/c1-3-4-7-8-5-6-9(7)2/h3-6H2,1-2H3. The van der Waals surface area contributed by atoms with Crippen LogP contribution in [0.15, 0.2) is 4.99 Å². The summed E-state index contributed by atoms with van der Waals surface area (Å²) in [5.41, 5.74) is 0. The Morgan fingerprint density at radius 3 is 2.89 bits per heavy atom. The molecule has 0 amide bonds. The summed E-state index contributed by atoms with van der Waals surface area (Å²) in [5, 5.41) is 0. The third-order valence-electron chi connectivity index (χ3n) is 1.64. The maximum Gasteiger partial charge on any atom is 0.0987 e. The van der Waals surface area contributed by atoms with E-state index in [9.17, 15) is 0 Å². The molecule has 0 unspecified atom stereocenters. The zero-order chi connectivity index (χ0) is 6.69. The highest BCUT2D eigenvalue weighted by atomic mass is 15.2. The molecule has 0 bridgehead atoms. The van der Waals surface area contributed by atoms with Crippen LogP contribution in [0.25, 0.3) is 0 Å². The first-order chi connectivity index (χ1) is 4.34. The lowest BCUT2D eigenvalue weighted by atomic mass is 10.3. The maximum atomic E-state index is 4.35. The predicted molar refractivity (Wildman–Crippen MR) is 39.8 cm³/mol. The van der Waals surface area contributed by atoms with Crippen molar-refractivity contribution in [1.29, 1.82) is 0 Å². The van der Waals surface area contributed by atoms with E-state index in [-0.39, 0.29) is 0 Å². The third kappa shape index (κ3) is 1.44. The second-order valence-electron chi connectivity index (χ2n) is 2.47. The van der Waals surface area contributed by atoms with Crippen molar-refractivity contribution in [1.82, 2.24) is 4.90 Å². The average molecular weight is 126 g/mol. The Kier molecular flexibility index (Phi) is 2.09. The molecule has 1 aliphatic rings. The molecule has 1 aliphatic heterocycles. The SMILES string of the molecule is CCCC1=NCCN1C. The number of amidine groups is 1. The van der Waals surface area contributed by atoms with Crippen LogP contribution in [0, 0.1) is 0 Å². The van der Waals surface area contributed by atoms with Gasteiger partial charge in [-0.1, -0.05) is 6.92 Å². The fourth-order valence-electron chi connectivity index (χ4n) is 1.07. The van der Waals surface area contributed by atoms with Gasteiger partial charge in [0.05, 0.1) is 12.4 Å². The first-order valence-corrected chi connectivity index (χ1v) is 3.59. The lowest BCUT2D eigenvalue weighted by molar-refractivity contribution is 0.543. The van der Waals surface area contributed by atoms with Crippen molar-refractivity contribution in [2.45, 2.75) is 19.8 Å². The van der Waals surface area contributed by atoms with Crippen LogP contribution in [0.2, 0.25) is 0 Å². The molecule has 1 rings (SSSR count). The molecular weight excluding hydrogens is 112 g/mol. The first kappa shape index (κ1) is 6.59. The number of likely N-dealkylation sites (N-methyl/N-ethyl adjacent to an activating group) is 1. The molecule has 1 heterocycles. The first-order valence-electron chi connectivity index (χ1n) is 3.59. The van der Waals surface area contributed by atoms with E-state index in [4.69, 9.17) is 0 Å². The lowest BCUT2D eigenvalue weighted by Gasteiger charge is -2.11. The van der Waals surface area contributed by atoms with Crippen LogP contribution in [-0.4, -0.2) is 30.9 Å². The summed E-state index contributed by atoms with van der Waals surface area (Å²) in [4.78, 5) is 6.59.